The maximum absolute atomic E-state index is 14.7. The number of hydrogen-bond donors (Lipinski definition) is 4. The minimum absolute atomic E-state index is 0.134. The second kappa shape index (κ2) is 19.2. The van der Waals surface area contributed by atoms with Gasteiger partial charge in [-0.1, -0.05) is 75.2 Å². The fraction of sp³-hybridized carbons (Fsp3) is 0.923. The molecule has 4 fully saturated rings. The number of ether oxygens (including phenoxy) is 4. The van der Waals surface area contributed by atoms with E-state index in [1.54, 1.807) is 55.4 Å². The molecule has 0 heterocycles. The Morgan fingerprint density at radius 3 is 1.61 bits per heavy atom. The van der Waals surface area contributed by atoms with Crippen LogP contribution in [0.4, 0.5) is 9.59 Å². The van der Waals surface area contributed by atoms with Gasteiger partial charge < -0.3 is 39.8 Å². The Bertz CT molecular complexity index is 1660. The number of esters is 2. The van der Waals surface area contributed by atoms with Crippen molar-refractivity contribution in [3.05, 3.63) is 0 Å². The van der Waals surface area contributed by atoms with Crippen LogP contribution < -0.4 is 10.6 Å². The molecule has 0 aromatic carbocycles. The Balaban J connectivity index is 1.72. The predicted molar refractivity (Wildman–Crippen MR) is 250 cm³/mol. The Morgan fingerprint density at radius 1 is 0.656 bits per heavy atom. The number of nitrogens with one attached hydrogen (secondary N) is 2. The molecule has 0 aromatic rings. The summed E-state index contributed by atoms with van der Waals surface area (Å²) < 4.78 is 24.5. The molecule has 370 valence electrons. The van der Waals surface area contributed by atoms with Crippen molar-refractivity contribution >= 4 is 24.1 Å². The molecule has 0 saturated heterocycles. The van der Waals surface area contributed by atoms with Crippen LogP contribution in [0.5, 0.6) is 0 Å². The van der Waals surface area contributed by atoms with Crippen LogP contribution in [0.25, 0.3) is 0 Å². The predicted octanol–water partition coefficient (Wildman–Crippen LogP) is 10.7. The molecule has 64 heavy (non-hydrogen) atoms. The van der Waals surface area contributed by atoms with Crippen LogP contribution in [0.3, 0.4) is 0 Å². The highest BCUT2D eigenvalue weighted by Gasteiger charge is 2.72. The summed E-state index contributed by atoms with van der Waals surface area (Å²) in [6.45, 7) is 35.9. The van der Waals surface area contributed by atoms with Gasteiger partial charge in [-0.3, -0.25) is 0 Å². The monoisotopic (exact) mass is 905 g/mol. The Morgan fingerprint density at radius 2 is 1.14 bits per heavy atom. The molecule has 4 aliphatic rings. The molecule has 12 nitrogen and oxygen atoms in total. The van der Waals surface area contributed by atoms with Gasteiger partial charge in [-0.25, -0.2) is 19.2 Å². The third kappa shape index (κ3) is 11.6. The second-order valence-electron chi connectivity index (χ2n) is 25.2. The minimum Gasteiger partial charge on any atom is -0.461 e. The smallest absolute Gasteiger partial charge is 0.408 e. The van der Waals surface area contributed by atoms with Crippen molar-refractivity contribution in [2.24, 2.45) is 57.2 Å². The third-order valence-corrected chi connectivity index (χ3v) is 17.4. The van der Waals surface area contributed by atoms with Crippen molar-refractivity contribution in [1.29, 1.82) is 0 Å². The SMILES string of the molecule is CC[C@H](C)[C@H](NC(=O)OC(C)(C)C)C(=O)O[C@H]1CC[C@@]2(C)[C@H](CC[C@]3(C)[C@@H]2C[C@@H](OC(=O)[C@@H](NC(=O)OC(C)(C)C)[C@@H](C)CC)[C@@H]2C([C@](C)(O)CCCC(C)(C)O)CC[C@]23C)C1(C)C. The number of aliphatic hydroxyl groups is 2. The Hall–Kier alpha value is -2.60. The molecule has 0 bridgehead atoms. The van der Waals surface area contributed by atoms with Crippen molar-refractivity contribution in [1.82, 2.24) is 10.6 Å². The van der Waals surface area contributed by atoms with E-state index in [1.165, 1.54) is 0 Å². The van der Waals surface area contributed by atoms with E-state index in [2.05, 4.69) is 45.3 Å². The molecule has 4 N–H and O–H groups in total. The van der Waals surface area contributed by atoms with Gasteiger partial charge in [0.15, 0.2) is 0 Å². The van der Waals surface area contributed by atoms with Crippen LogP contribution >= 0.6 is 0 Å². The normalized spacial score (nSPS) is 34.2. The van der Waals surface area contributed by atoms with Crippen molar-refractivity contribution < 1.29 is 48.3 Å². The molecule has 0 spiro atoms. The quantitative estimate of drug-likeness (QED) is 0.0916. The number of carbonyl (C=O) groups excluding carboxylic acids is 4. The van der Waals surface area contributed by atoms with Crippen molar-refractivity contribution in [3.8, 4) is 0 Å². The van der Waals surface area contributed by atoms with E-state index in [1.807, 2.05) is 34.6 Å². The van der Waals surface area contributed by atoms with E-state index in [0.29, 0.717) is 44.9 Å². The first-order valence-corrected chi connectivity index (χ1v) is 24.9. The van der Waals surface area contributed by atoms with E-state index in [0.717, 1.165) is 32.1 Å². The van der Waals surface area contributed by atoms with Crippen LogP contribution in [0.2, 0.25) is 0 Å². The van der Waals surface area contributed by atoms with Crippen molar-refractivity contribution in [3.63, 3.8) is 0 Å². The van der Waals surface area contributed by atoms with E-state index >= 15 is 0 Å². The average molecular weight is 905 g/mol. The lowest BCUT2D eigenvalue weighted by molar-refractivity contribution is -0.253. The first kappa shape index (κ1) is 54.0. The molecular formula is C52H92N2O10. The number of carbonyl (C=O) groups is 4. The first-order valence-electron chi connectivity index (χ1n) is 24.9. The molecule has 2 amide bonds. The molecule has 0 aliphatic heterocycles. The van der Waals surface area contributed by atoms with Crippen molar-refractivity contribution in [2.75, 3.05) is 0 Å². The highest BCUT2D eigenvalue weighted by Crippen LogP contribution is 2.76. The lowest BCUT2D eigenvalue weighted by Crippen LogP contribution is -2.67. The van der Waals surface area contributed by atoms with E-state index in [-0.39, 0.29) is 57.9 Å². The van der Waals surface area contributed by atoms with Gasteiger partial charge in [0.25, 0.3) is 0 Å². The number of fused-ring (bicyclic) bond motifs is 5. The van der Waals surface area contributed by atoms with Crippen LogP contribution in [0.1, 0.15) is 202 Å². The summed E-state index contributed by atoms with van der Waals surface area (Å²) in [6, 6.07) is -1.77. The average Bonchev–Trinajstić information content (AvgIpc) is 3.52. The van der Waals surface area contributed by atoms with E-state index < -0.39 is 70.1 Å². The highest BCUT2D eigenvalue weighted by molar-refractivity contribution is 5.82. The molecule has 4 saturated carbocycles. The zero-order valence-corrected chi connectivity index (χ0v) is 43.4. The minimum atomic E-state index is -1.07. The Kier molecular flexibility index (Phi) is 16.2. The van der Waals surface area contributed by atoms with Gasteiger partial charge in [0, 0.05) is 11.3 Å². The highest BCUT2D eigenvalue weighted by atomic mass is 16.6. The fourth-order valence-electron chi connectivity index (χ4n) is 13.4. The first-order chi connectivity index (χ1) is 29.1. The van der Waals surface area contributed by atoms with Crippen LogP contribution in [0.15, 0.2) is 0 Å². The summed E-state index contributed by atoms with van der Waals surface area (Å²) in [5, 5.41) is 28.8. The summed E-state index contributed by atoms with van der Waals surface area (Å²) in [5.74, 6) is -1.30. The van der Waals surface area contributed by atoms with Gasteiger partial charge in [-0.15, -0.1) is 0 Å². The number of hydrogen-bond acceptors (Lipinski definition) is 10. The molecular weight excluding hydrogens is 813 g/mol. The van der Waals surface area contributed by atoms with Gasteiger partial charge in [0.2, 0.25) is 0 Å². The molecule has 0 aromatic heterocycles. The van der Waals surface area contributed by atoms with Gasteiger partial charge in [-0.05, 0) is 172 Å². The Labute approximate surface area is 387 Å². The van der Waals surface area contributed by atoms with Gasteiger partial charge in [0.1, 0.15) is 35.5 Å². The molecule has 14 atom stereocenters. The second-order valence-corrected chi connectivity index (χ2v) is 25.2. The van der Waals surface area contributed by atoms with E-state index in [4.69, 9.17) is 18.9 Å². The maximum Gasteiger partial charge on any atom is 0.408 e. The fourth-order valence-corrected chi connectivity index (χ4v) is 13.4. The summed E-state index contributed by atoms with van der Waals surface area (Å²) in [6.07, 6.45) is 6.45. The topological polar surface area (TPSA) is 170 Å². The maximum atomic E-state index is 14.7. The van der Waals surface area contributed by atoms with E-state index in [9.17, 15) is 29.4 Å². The van der Waals surface area contributed by atoms with Gasteiger partial charge in [-0.2, -0.15) is 0 Å². The lowest BCUT2D eigenvalue weighted by Gasteiger charge is -2.70. The van der Waals surface area contributed by atoms with Crippen molar-refractivity contribution in [2.45, 2.75) is 248 Å². The molecule has 12 heteroatoms. The lowest BCUT2D eigenvalue weighted by atomic mass is 9.35. The number of rotatable bonds is 15. The summed E-state index contributed by atoms with van der Waals surface area (Å²) in [4.78, 5) is 54.9. The summed E-state index contributed by atoms with van der Waals surface area (Å²) in [5.41, 5.74) is -4.45. The third-order valence-electron chi connectivity index (χ3n) is 17.4. The molecule has 0 radical (unpaired) electrons. The number of alkyl carbamates (subject to hydrolysis) is 2. The van der Waals surface area contributed by atoms with Gasteiger partial charge in [0.05, 0.1) is 11.2 Å². The van der Waals surface area contributed by atoms with Gasteiger partial charge >= 0.3 is 24.1 Å². The largest absolute Gasteiger partial charge is 0.461 e. The zero-order valence-electron chi connectivity index (χ0n) is 43.4. The van der Waals surface area contributed by atoms with Crippen LogP contribution in [-0.4, -0.2) is 81.0 Å². The molecule has 4 rings (SSSR count). The van der Waals surface area contributed by atoms with Crippen LogP contribution in [0, 0.1) is 57.2 Å². The number of amides is 2. The molecule has 4 aliphatic carbocycles. The van der Waals surface area contributed by atoms with Crippen LogP contribution in [-0.2, 0) is 28.5 Å². The summed E-state index contributed by atoms with van der Waals surface area (Å²) in [7, 11) is 0. The summed E-state index contributed by atoms with van der Waals surface area (Å²) >= 11 is 0. The standard InChI is InChI=1S/C52H92N2O10/c1-19-31(3)39(53-43(57)63-45(5,6)7)41(55)61-34-30-36-49(15)27-24-37(62-42(56)40(32(4)20-2)54-44(58)64-46(8,9)10)48(13,14)35(49)23-29-50(36,16)51(17)28-22-33(38(34)51)52(18,60)26-21-25-47(11,12)59/h31-40,59-60H,19-30H2,1-18H3,(H,53,57)(H,54,58)/t31-,32-,33?,34+,35+,36+,37-,38-,39-,40-,49-,50+,51+,52+/m0/s1. The zero-order chi connectivity index (χ0) is 48.8. The molecule has 1 unspecified atom stereocenters.